The third kappa shape index (κ3) is 61.0. The quantitative estimate of drug-likeness (QED) is 0.0212. The largest absolute Gasteiger partial charge is 0.756 e. The van der Waals surface area contributed by atoms with Crippen LogP contribution in [-0.4, -0.2) is 69.4 Å². The molecule has 470 valence electrons. The average molecular weight is 1160 g/mol. The van der Waals surface area contributed by atoms with Gasteiger partial charge in [0.1, 0.15) is 19.3 Å². The van der Waals surface area contributed by atoms with Gasteiger partial charge in [0.15, 0.2) is 0 Å². The molecule has 0 spiro atoms. The van der Waals surface area contributed by atoms with Gasteiger partial charge in [0, 0.05) is 12.8 Å². The number of hydrogen-bond donors (Lipinski definition) is 1. The summed E-state index contributed by atoms with van der Waals surface area (Å²) in [6.45, 7) is 6.67. The first-order valence-electron chi connectivity index (χ1n) is 33.3. The number of carbonyl (C=O) groups excluding carboxylic acids is 2. The van der Waals surface area contributed by atoms with Crippen LogP contribution in [0.4, 0.5) is 0 Å². The Morgan fingerprint density at radius 1 is 0.439 bits per heavy atom. The molecule has 3 unspecified atom stereocenters. The number of likely N-dealkylation sites (N-methyl/N-ethyl adjacent to an activating group) is 1. The van der Waals surface area contributed by atoms with E-state index in [0.29, 0.717) is 23.9 Å². The fraction of sp³-hybridized carbons (Fsp3) is 0.694. The molecular formula is C72H125N2O7P. The molecule has 0 saturated carbocycles. The number of rotatable bonds is 59. The van der Waals surface area contributed by atoms with Crippen LogP contribution in [0.1, 0.15) is 271 Å². The van der Waals surface area contributed by atoms with Crippen LogP contribution in [0.3, 0.4) is 0 Å². The van der Waals surface area contributed by atoms with Gasteiger partial charge in [-0.2, -0.15) is 0 Å². The van der Waals surface area contributed by atoms with Crippen LogP contribution < -0.4 is 10.2 Å². The zero-order valence-corrected chi connectivity index (χ0v) is 54.5. The van der Waals surface area contributed by atoms with Crippen LogP contribution in [0.2, 0.25) is 0 Å². The Balaban J connectivity index is 5.22. The summed E-state index contributed by atoms with van der Waals surface area (Å²) in [5, 5.41) is 3.02. The van der Waals surface area contributed by atoms with Gasteiger partial charge in [-0.05, 0) is 122 Å². The number of nitrogens with zero attached hydrogens (tertiary/aromatic N) is 1. The zero-order chi connectivity index (χ0) is 60.0. The topological polar surface area (TPSA) is 114 Å². The number of phosphoric ester groups is 1. The molecule has 0 saturated heterocycles. The van der Waals surface area contributed by atoms with Crippen molar-refractivity contribution in [3.63, 3.8) is 0 Å². The van der Waals surface area contributed by atoms with Crippen LogP contribution in [0, 0.1) is 0 Å². The van der Waals surface area contributed by atoms with E-state index in [4.69, 9.17) is 13.8 Å². The lowest BCUT2D eigenvalue weighted by Crippen LogP contribution is -2.47. The van der Waals surface area contributed by atoms with Crippen LogP contribution in [-0.2, 0) is 27.9 Å². The van der Waals surface area contributed by atoms with Crippen molar-refractivity contribution >= 4 is 19.7 Å². The van der Waals surface area contributed by atoms with Crippen molar-refractivity contribution in [2.24, 2.45) is 0 Å². The predicted octanol–water partition coefficient (Wildman–Crippen LogP) is 20.4. The molecule has 10 heteroatoms. The number of ether oxygens (including phenoxy) is 1. The van der Waals surface area contributed by atoms with Crippen molar-refractivity contribution in [2.75, 3.05) is 40.9 Å². The Bertz CT molecular complexity index is 1820. The molecule has 3 atom stereocenters. The third-order valence-electron chi connectivity index (χ3n) is 14.1. The summed E-state index contributed by atoms with van der Waals surface area (Å²) in [6, 6.07) is -0.914. The number of nitrogens with one attached hydrogen (secondary N) is 1. The van der Waals surface area contributed by atoms with E-state index in [2.05, 4.69) is 135 Å². The fourth-order valence-electron chi connectivity index (χ4n) is 9.00. The molecule has 0 radical (unpaired) electrons. The normalized spacial score (nSPS) is 14.4. The summed E-state index contributed by atoms with van der Waals surface area (Å²) >= 11 is 0. The molecule has 0 aliphatic carbocycles. The summed E-state index contributed by atoms with van der Waals surface area (Å²) < 4.78 is 30.3. The fourth-order valence-corrected chi connectivity index (χ4v) is 9.73. The molecule has 0 fully saturated rings. The lowest BCUT2D eigenvalue weighted by atomic mass is 10.0. The Kier molecular flexibility index (Phi) is 57.9. The molecule has 9 nitrogen and oxygen atoms in total. The molecule has 0 aromatic rings. The Labute approximate surface area is 505 Å². The minimum atomic E-state index is -4.72. The van der Waals surface area contributed by atoms with Gasteiger partial charge in [-0.1, -0.05) is 258 Å². The van der Waals surface area contributed by atoms with Crippen molar-refractivity contribution in [3.05, 3.63) is 122 Å². The van der Waals surface area contributed by atoms with E-state index >= 15 is 0 Å². The van der Waals surface area contributed by atoms with Crippen molar-refractivity contribution in [1.82, 2.24) is 5.32 Å². The van der Waals surface area contributed by atoms with Gasteiger partial charge in [-0.25, -0.2) is 0 Å². The number of phosphoric acid groups is 1. The first kappa shape index (κ1) is 78.4. The highest BCUT2D eigenvalue weighted by molar-refractivity contribution is 7.45. The lowest BCUT2D eigenvalue weighted by molar-refractivity contribution is -0.870. The molecule has 0 rings (SSSR count). The van der Waals surface area contributed by atoms with Gasteiger partial charge in [0.25, 0.3) is 7.82 Å². The van der Waals surface area contributed by atoms with Crippen LogP contribution in [0.25, 0.3) is 0 Å². The number of unbranched alkanes of at least 4 members (excludes halogenated alkanes) is 25. The maximum absolute atomic E-state index is 13.6. The van der Waals surface area contributed by atoms with E-state index in [-0.39, 0.29) is 24.9 Å². The molecule has 0 aromatic carbocycles. The Hall–Kier alpha value is -3.59. The minimum absolute atomic E-state index is 0.0350. The molecule has 1 amide bonds. The number of allylic oxidation sites excluding steroid dienone is 19. The summed E-state index contributed by atoms with van der Waals surface area (Å²) in [7, 11) is 1.15. The second kappa shape index (κ2) is 60.5. The first-order chi connectivity index (χ1) is 39.9. The maximum atomic E-state index is 13.6. The molecule has 0 bridgehead atoms. The van der Waals surface area contributed by atoms with E-state index in [1.165, 1.54) is 109 Å². The zero-order valence-electron chi connectivity index (χ0n) is 53.7. The van der Waals surface area contributed by atoms with E-state index in [1.54, 1.807) is 0 Å². The molecule has 0 aromatic heterocycles. The predicted molar refractivity (Wildman–Crippen MR) is 353 cm³/mol. The van der Waals surface area contributed by atoms with Gasteiger partial charge in [0.2, 0.25) is 5.91 Å². The van der Waals surface area contributed by atoms with Crippen molar-refractivity contribution in [1.29, 1.82) is 0 Å². The highest BCUT2D eigenvalue weighted by atomic mass is 31.2. The van der Waals surface area contributed by atoms with Gasteiger partial charge in [-0.15, -0.1) is 0 Å². The van der Waals surface area contributed by atoms with Crippen molar-refractivity contribution < 1.29 is 37.3 Å². The van der Waals surface area contributed by atoms with E-state index in [9.17, 15) is 19.0 Å². The van der Waals surface area contributed by atoms with E-state index in [1.807, 2.05) is 33.3 Å². The molecule has 0 aliphatic rings. The second-order valence-electron chi connectivity index (χ2n) is 23.2. The summed E-state index contributed by atoms with van der Waals surface area (Å²) in [4.78, 5) is 40.1. The van der Waals surface area contributed by atoms with Gasteiger partial charge < -0.3 is 28.5 Å². The Morgan fingerprint density at radius 3 is 1.21 bits per heavy atom. The van der Waals surface area contributed by atoms with Crippen molar-refractivity contribution in [2.45, 2.75) is 283 Å². The molecule has 0 aliphatic heterocycles. The van der Waals surface area contributed by atoms with Gasteiger partial charge in [-0.3, -0.25) is 14.2 Å². The lowest BCUT2D eigenvalue weighted by Gasteiger charge is -2.30. The second-order valence-corrected chi connectivity index (χ2v) is 24.6. The van der Waals surface area contributed by atoms with Crippen LogP contribution in [0.15, 0.2) is 122 Å². The van der Waals surface area contributed by atoms with Crippen molar-refractivity contribution in [3.8, 4) is 0 Å². The number of amides is 1. The average Bonchev–Trinajstić information content (AvgIpc) is 3.44. The van der Waals surface area contributed by atoms with E-state index in [0.717, 1.165) is 122 Å². The maximum Gasteiger partial charge on any atom is 0.306 e. The van der Waals surface area contributed by atoms with Crippen LogP contribution in [0.5, 0.6) is 0 Å². The molecule has 82 heavy (non-hydrogen) atoms. The molecule has 1 N–H and O–H groups in total. The van der Waals surface area contributed by atoms with Crippen LogP contribution >= 0.6 is 7.82 Å². The standard InChI is InChI=1S/C72H125N2O7P/c1-7-10-13-16-19-22-25-28-30-32-34-35-36-37-38-39-41-42-44-46-49-52-55-58-61-64-71(75)73-69(68-80-82(77,78)79-67-66-74(4,5)6)70(63-60-57-54-51-48-27-24-21-18-15-12-9-3)81-72(76)65-62-59-56-53-50-47-45-43-40-33-31-29-26-23-20-17-14-11-8-2/h10,13,19-20,22-23,28-31,34-35,37-38,40,43,47,50,60,63,69-70H,7-9,11-12,14-18,21,24-27,32-33,36,39,41-42,44-46,48-49,51-59,61-62,64-68H2,1-6H3,(H-,73,75,77,78)/b13-10-,22-19-,23-20-,30-28-,31-29-,35-34-,38-37-,43-40-,50-47-,63-60-. The number of esters is 1. The third-order valence-corrected chi connectivity index (χ3v) is 15.1. The molecule has 0 heterocycles. The monoisotopic (exact) mass is 1160 g/mol. The number of hydrogen-bond acceptors (Lipinski definition) is 7. The smallest absolute Gasteiger partial charge is 0.306 e. The van der Waals surface area contributed by atoms with Gasteiger partial charge >= 0.3 is 5.97 Å². The number of carbonyl (C=O) groups is 2. The summed E-state index contributed by atoms with van der Waals surface area (Å²) in [6.07, 6.45) is 84.5. The van der Waals surface area contributed by atoms with Gasteiger partial charge in [0.05, 0.1) is 33.8 Å². The summed E-state index contributed by atoms with van der Waals surface area (Å²) in [5.74, 6) is -0.589. The summed E-state index contributed by atoms with van der Waals surface area (Å²) in [5.41, 5.74) is 0. The minimum Gasteiger partial charge on any atom is -0.756 e. The van der Waals surface area contributed by atoms with E-state index < -0.39 is 26.6 Å². The number of quaternary nitrogens is 1. The Morgan fingerprint density at radius 2 is 0.780 bits per heavy atom. The highest BCUT2D eigenvalue weighted by Crippen LogP contribution is 2.38. The highest BCUT2D eigenvalue weighted by Gasteiger charge is 2.27. The first-order valence-corrected chi connectivity index (χ1v) is 34.8. The SMILES string of the molecule is CC/C=C\C/C=C\C/C=C\C/C=C\C/C=C\CCCCCCCCCCCC(=O)NC(COP(=O)([O-])OCC[N+](C)(C)C)C(/C=C\CCCCCCCCCCCC)OC(=O)CCCCC/C=C\C/C=C\C/C=C\C/C=C\CCCCC. The molecular weight excluding hydrogens is 1040 g/mol.